The Bertz CT molecular complexity index is 490. The van der Waals surface area contributed by atoms with Crippen molar-refractivity contribution in [1.29, 1.82) is 0 Å². The summed E-state index contributed by atoms with van der Waals surface area (Å²) in [4.78, 5) is 11.4. The van der Waals surface area contributed by atoms with Crippen LogP contribution in [0.1, 0.15) is 24.1 Å². The third-order valence-electron chi connectivity index (χ3n) is 3.61. The second-order valence-electron chi connectivity index (χ2n) is 5.04. The van der Waals surface area contributed by atoms with Gasteiger partial charge in [0, 0.05) is 37.8 Å². The molecule has 0 spiro atoms. The van der Waals surface area contributed by atoms with Crippen molar-refractivity contribution in [3.8, 4) is 0 Å². The maximum atomic E-state index is 5.41. The first-order valence-electron chi connectivity index (χ1n) is 6.76. The highest BCUT2D eigenvalue weighted by Gasteiger charge is 2.19. The van der Waals surface area contributed by atoms with Crippen LogP contribution in [0, 0.1) is 0 Å². The Hall–Kier alpha value is -1.07. The summed E-state index contributed by atoms with van der Waals surface area (Å²) in [5, 5.41) is 0.885. The van der Waals surface area contributed by atoms with E-state index in [-0.39, 0.29) is 0 Å². The van der Waals surface area contributed by atoms with Crippen molar-refractivity contribution >= 4 is 11.8 Å². The minimum atomic E-state index is 0.873. The lowest BCUT2D eigenvalue weighted by Crippen LogP contribution is -2.33. The Morgan fingerprint density at radius 1 is 1.42 bits per heavy atom. The van der Waals surface area contributed by atoms with E-state index < -0.39 is 0 Å². The summed E-state index contributed by atoms with van der Waals surface area (Å²) in [5.41, 5.74) is 3.92. The average molecular weight is 277 g/mol. The van der Waals surface area contributed by atoms with Crippen molar-refractivity contribution in [1.82, 2.24) is 14.9 Å². The van der Waals surface area contributed by atoms with Gasteiger partial charge in [0.05, 0.1) is 18.6 Å². The van der Waals surface area contributed by atoms with Crippen LogP contribution in [0.3, 0.4) is 0 Å². The van der Waals surface area contributed by atoms with Crippen LogP contribution in [0.2, 0.25) is 0 Å². The Kier molecular flexibility index (Phi) is 4.03. The van der Waals surface area contributed by atoms with E-state index >= 15 is 0 Å². The van der Waals surface area contributed by atoms with Gasteiger partial charge in [0.2, 0.25) is 0 Å². The number of nitrogens with zero attached hydrogens (tertiary/aromatic N) is 3. The zero-order valence-corrected chi connectivity index (χ0v) is 12.1. The summed E-state index contributed by atoms with van der Waals surface area (Å²) in [7, 11) is 0. The smallest absolute Gasteiger partial charge is 0.187 e. The van der Waals surface area contributed by atoms with Crippen molar-refractivity contribution in [3.05, 3.63) is 29.3 Å². The molecule has 0 saturated heterocycles. The van der Waals surface area contributed by atoms with Crippen molar-refractivity contribution in [2.45, 2.75) is 31.0 Å². The minimum absolute atomic E-state index is 0.873. The van der Waals surface area contributed by atoms with E-state index in [1.807, 2.05) is 18.7 Å². The molecule has 1 aromatic rings. The maximum absolute atomic E-state index is 5.41. The number of thioether (sulfide) groups is 1. The molecule has 1 aromatic heterocycles. The topological polar surface area (TPSA) is 38.2 Å². The van der Waals surface area contributed by atoms with Crippen LogP contribution >= 0.6 is 11.8 Å². The van der Waals surface area contributed by atoms with Gasteiger partial charge in [0.25, 0.3) is 0 Å². The van der Waals surface area contributed by atoms with Gasteiger partial charge in [0.1, 0.15) is 0 Å². The van der Waals surface area contributed by atoms with Crippen LogP contribution in [0.15, 0.2) is 23.2 Å². The van der Waals surface area contributed by atoms with Gasteiger partial charge in [-0.25, -0.2) is 9.97 Å². The molecule has 0 bridgehead atoms. The van der Waals surface area contributed by atoms with E-state index in [1.165, 1.54) is 23.3 Å². The Morgan fingerprint density at radius 2 is 2.37 bits per heavy atom. The second-order valence-corrected chi connectivity index (χ2v) is 5.81. The molecule has 0 aromatic carbocycles. The highest BCUT2D eigenvalue weighted by atomic mass is 32.2. The number of hydrogen-bond donors (Lipinski definition) is 0. The summed E-state index contributed by atoms with van der Waals surface area (Å²) in [6.45, 7) is 3.93. The molecular formula is C14H19N3OS. The van der Waals surface area contributed by atoms with Crippen LogP contribution in [0.5, 0.6) is 0 Å². The first-order chi connectivity index (χ1) is 9.35. The molecule has 0 atom stereocenters. The molecule has 2 aliphatic heterocycles. The van der Waals surface area contributed by atoms with Gasteiger partial charge < -0.3 is 4.74 Å². The predicted octanol–water partition coefficient (Wildman–Crippen LogP) is 2.25. The van der Waals surface area contributed by atoms with Crippen molar-refractivity contribution in [2.24, 2.45) is 0 Å². The van der Waals surface area contributed by atoms with Gasteiger partial charge in [-0.1, -0.05) is 11.8 Å². The fourth-order valence-electron chi connectivity index (χ4n) is 2.61. The maximum Gasteiger partial charge on any atom is 0.187 e. The average Bonchev–Trinajstić information content (AvgIpc) is 2.48. The van der Waals surface area contributed by atoms with E-state index in [0.29, 0.717) is 0 Å². The monoisotopic (exact) mass is 277 g/mol. The molecule has 2 aliphatic rings. The van der Waals surface area contributed by atoms with Crippen LogP contribution in [-0.4, -0.2) is 40.8 Å². The van der Waals surface area contributed by atoms with Crippen molar-refractivity contribution < 1.29 is 4.74 Å². The SMILES string of the molecule is CSc1ncc2c(n1)CCN(CC1=COCCC1)C2. The third-order valence-corrected chi connectivity index (χ3v) is 4.17. The van der Waals surface area contributed by atoms with Gasteiger partial charge in [-0.2, -0.15) is 0 Å². The zero-order chi connectivity index (χ0) is 13.1. The summed E-state index contributed by atoms with van der Waals surface area (Å²) in [6, 6.07) is 0. The standard InChI is InChI=1S/C14H19N3OS/c1-19-14-15-7-12-9-17(5-4-13(12)16-14)8-11-3-2-6-18-10-11/h7,10H,2-6,8-9H2,1H3. The van der Waals surface area contributed by atoms with Gasteiger partial charge in [-0.15, -0.1) is 0 Å². The molecule has 0 unspecified atom stereocenters. The van der Waals surface area contributed by atoms with Crippen LogP contribution in [0.4, 0.5) is 0 Å². The molecule has 0 fully saturated rings. The normalized spacial score (nSPS) is 19.5. The largest absolute Gasteiger partial charge is 0.501 e. The van der Waals surface area contributed by atoms with E-state index in [2.05, 4.69) is 14.9 Å². The number of rotatable bonds is 3. The van der Waals surface area contributed by atoms with Gasteiger partial charge >= 0.3 is 0 Å². The summed E-state index contributed by atoms with van der Waals surface area (Å²) < 4.78 is 5.41. The highest BCUT2D eigenvalue weighted by molar-refractivity contribution is 7.98. The van der Waals surface area contributed by atoms with Crippen molar-refractivity contribution in [2.75, 3.05) is 26.0 Å². The highest BCUT2D eigenvalue weighted by Crippen LogP contribution is 2.21. The molecule has 102 valence electrons. The van der Waals surface area contributed by atoms with Crippen molar-refractivity contribution in [3.63, 3.8) is 0 Å². The predicted molar refractivity (Wildman–Crippen MR) is 76.1 cm³/mol. The van der Waals surface area contributed by atoms with Gasteiger partial charge in [-0.05, 0) is 24.7 Å². The Labute approximate surface area is 118 Å². The Morgan fingerprint density at radius 3 is 3.16 bits per heavy atom. The molecule has 0 aliphatic carbocycles. The molecule has 19 heavy (non-hydrogen) atoms. The molecule has 4 nitrogen and oxygen atoms in total. The van der Waals surface area contributed by atoms with E-state index in [0.717, 1.165) is 44.2 Å². The minimum Gasteiger partial charge on any atom is -0.501 e. The second kappa shape index (κ2) is 5.92. The summed E-state index contributed by atoms with van der Waals surface area (Å²) >= 11 is 1.61. The molecule has 0 saturated carbocycles. The lowest BCUT2D eigenvalue weighted by atomic mass is 10.1. The molecule has 0 radical (unpaired) electrons. The van der Waals surface area contributed by atoms with Crippen LogP contribution in [-0.2, 0) is 17.7 Å². The number of aromatic nitrogens is 2. The number of ether oxygens (including phenoxy) is 1. The molecule has 3 heterocycles. The third kappa shape index (κ3) is 3.09. The zero-order valence-electron chi connectivity index (χ0n) is 11.3. The molecule has 5 heteroatoms. The molecule has 0 N–H and O–H groups in total. The summed E-state index contributed by atoms with van der Waals surface area (Å²) in [5.74, 6) is 0. The first kappa shape index (κ1) is 12.9. The van der Waals surface area contributed by atoms with Crippen LogP contribution < -0.4 is 0 Å². The molecular weight excluding hydrogens is 258 g/mol. The summed E-state index contributed by atoms with van der Waals surface area (Å²) in [6.07, 6.45) is 9.31. The van der Waals surface area contributed by atoms with E-state index in [4.69, 9.17) is 4.74 Å². The van der Waals surface area contributed by atoms with E-state index in [9.17, 15) is 0 Å². The Balaban J connectivity index is 1.66. The fourth-order valence-corrected chi connectivity index (χ4v) is 2.97. The van der Waals surface area contributed by atoms with E-state index in [1.54, 1.807) is 11.8 Å². The lowest BCUT2D eigenvalue weighted by Gasteiger charge is -2.29. The number of fused-ring (bicyclic) bond motifs is 1. The van der Waals surface area contributed by atoms with Crippen LogP contribution in [0.25, 0.3) is 0 Å². The fraction of sp³-hybridized carbons (Fsp3) is 0.571. The quantitative estimate of drug-likeness (QED) is 0.626. The molecule has 3 rings (SSSR count). The molecule has 0 amide bonds. The lowest BCUT2D eigenvalue weighted by molar-refractivity contribution is 0.208. The van der Waals surface area contributed by atoms with Gasteiger partial charge in [0.15, 0.2) is 5.16 Å². The first-order valence-corrected chi connectivity index (χ1v) is 7.98. The number of hydrogen-bond acceptors (Lipinski definition) is 5. The van der Waals surface area contributed by atoms with Gasteiger partial charge in [-0.3, -0.25) is 4.90 Å².